The Labute approximate surface area is 113 Å². The van der Waals surface area contributed by atoms with E-state index in [1.54, 1.807) is 24.3 Å². The molecule has 0 radical (unpaired) electrons. The number of hydrogen-bond acceptors (Lipinski definition) is 7. The quantitative estimate of drug-likeness (QED) is 0.700. The number of sulfone groups is 1. The molecule has 2 aromatic heterocycles. The molecule has 0 aliphatic heterocycles. The largest absolute Gasteiger partial charge is 0.437 e. The molecule has 8 nitrogen and oxygen atoms in total. The van der Waals surface area contributed by atoms with E-state index >= 15 is 0 Å². The van der Waals surface area contributed by atoms with Crippen LogP contribution in [-0.4, -0.2) is 39.9 Å². The molecule has 0 aliphatic rings. The van der Waals surface area contributed by atoms with Crippen LogP contribution in [-0.2, 0) is 9.84 Å². The summed E-state index contributed by atoms with van der Waals surface area (Å²) in [5.41, 5.74) is 0.488. The van der Waals surface area contributed by atoms with Crippen LogP contribution in [0.2, 0.25) is 0 Å². The van der Waals surface area contributed by atoms with Gasteiger partial charge in [-0.05, 0) is 34.7 Å². The van der Waals surface area contributed by atoms with Gasteiger partial charge in [0.1, 0.15) is 5.75 Å². The first-order valence-corrected chi connectivity index (χ1v) is 7.45. The first-order chi connectivity index (χ1) is 9.52. The van der Waals surface area contributed by atoms with E-state index in [0.29, 0.717) is 11.4 Å². The number of rotatable bonds is 3. The zero-order valence-corrected chi connectivity index (χ0v) is 11.1. The van der Waals surface area contributed by atoms with E-state index in [1.807, 2.05) is 0 Å². The van der Waals surface area contributed by atoms with Crippen molar-refractivity contribution in [3.8, 4) is 11.6 Å². The smallest absolute Gasteiger partial charge is 0.239 e. The Morgan fingerprint density at radius 1 is 1.20 bits per heavy atom. The molecule has 102 valence electrons. The summed E-state index contributed by atoms with van der Waals surface area (Å²) in [4.78, 5) is 0.179. The van der Waals surface area contributed by atoms with Crippen molar-refractivity contribution in [3.63, 3.8) is 0 Å². The summed E-state index contributed by atoms with van der Waals surface area (Å²) < 4.78 is 29.7. The Hall–Kier alpha value is -2.55. The van der Waals surface area contributed by atoms with Gasteiger partial charge in [-0.2, -0.15) is 0 Å². The van der Waals surface area contributed by atoms with E-state index in [2.05, 4.69) is 20.6 Å². The maximum absolute atomic E-state index is 11.5. The minimum atomic E-state index is -3.28. The molecule has 0 fully saturated rings. The molecule has 0 unspecified atom stereocenters. The van der Waals surface area contributed by atoms with Gasteiger partial charge in [-0.15, -0.1) is 14.8 Å². The molecular weight excluding hydrogens is 282 g/mol. The van der Waals surface area contributed by atoms with E-state index in [0.717, 1.165) is 6.26 Å². The molecule has 3 rings (SSSR count). The van der Waals surface area contributed by atoms with Gasteiger partial charge in [-0.25, -0.2) is 8.42 Å². The summed E-state index contributed by atoms with van der Waals surface area (Å²) in [6, 6.07) is 9.41. The molecule has 9 heteroatoms. The predicted octanol–water partition coefficient (Wildman–Crippen LogP) is 0.715. The highest BCUT2D eigenvalue weighted by Crippen LogP contribution is 2.22. The lowest BCUT2D eigenvalue weighted by Crippen LogP contribution is -1.99. The van der Waals surface area contributed by atoms with Crippen molar-refractivity contribution in [2.45, 2.75) is 4.90 Å². The summed E-state index contributed by atoms with van der Waals surface area (Å²) in [6.07, 6.45) is 1.14. The number of ether oxygens (including phenoxy) is 1. The van der Waals surface area contributed by atoms with Crippen molar-refractivity contribution in [1.82, 2.24) is 25.3 Å². The summed E-state index contributed by atoms with van der Waals surface area (Å²) in [5.74, 6) is 0.628. The number of nitrogens with zero attached hydrogens (tertiary/aromatic N) is 5. The molecule has 1 aromatic carbocycles. The van der Waals surface area contributed by atoms with Gasteiger partial charge in [-0.1, -0.05) is 6.07 Å². The monoisotopic (exact) mass is 291 g/mol. The van der Waals surface area contributed by atoms with Crippen molar-refractivity contribution in [2.75, 3.05) is 6.26 Å². The molecule has 2 heterocycles. The van der Waals surface area contributed by atoms with Crippen LogP contribution in [0.4, 0.5) is 0 Å². The first kappa shape index (κ1) is 12.5. The number of hydrogen-bond donors (Lipinski definition) is 0. The van der Waals surface area contributed by atoms with Gasteiger partial charge in [0.05, 0.1) is 4.90 Å². The third-order valence-electron chi connectivity index (χ3n) is 2.50. The van der Waals surface area contributed by atoms with Gasteiger partial charge in [-0.3, -0.25) is 0 Å². The topological polar surface area (TPSA) is 99.3 Å². The number of benzene rings is 1. The Morgan fingerprint density at radius 2 is 2.05 bits per heavy atom. The van der Waals surface area contributed by atoms with E-state index in [1.165, 1.54) is 16.8 Å². The molecule has 0 bridgehead atoms. The normalized spacial score (nSPS) is 11.7. The average molecular weight is 291 g/mol. The van der Waals surface area contributed by atoms with Crippen LogP contribution in [0.5, 0.6) is 11.6 Å². The summed E-state index contributed by atoms with van der Waals surface area (Å²) in [6.45, 7) is 0. The number of fused-ring (bicyclic) bond motifs is 1. The molecular formula is C11H9N5O3S. The fourth-order valence-corrected chi connectivity index (χ4v) is 2.23. The maximum atomic E-state index is 11.5. The van der Waals surface area contributed by atoms with Crippen molar-refractivity contribution in [2.24, 2.45) is 0 Å². The highest BCUT2D eigenvalue weighted by Gasteiger charge is 2.09. The minimum absolute atomic E-state index is 0.179. The number of tetrazole rings is 1. The fourth-order valence-electron chi connectivity index (χ4n) is 1.58. The first-order valence-electron chi connectivity index (χ1n) is 5.56. The lowest BCUT2D eigenvalue weighted by molar-refractivity contribution is 0.445. The fraction of sp³-hybridized carbons (Fsp3) is 0.0909. The van der Waals surface area contributed by atoms with Gasteiger partial charge in [0, 0.05) is 12.3 Å². The van der Waals surface area contributed by atoms with Crippen LogP contribution in [0.15, 0.2) is 41.3 Å². The molecule has 0 amide bonds. The second-order valence-corrected chi connectivity index (χ2v) is 6.06. The number of aromatic nitrogens is 5. The average Bonchev–Trinajstić information content (AvgIpc) is 2.85. The van der Waals surface area contributed by atoms with Crippen molar-refractivity contribution < 1.29 is 13.2 Å². The summed E-state index contributed by atoms with van der Waals surface area (Å²) in [5, 5.41) is 14.9. The van der Waals surface area contributed by atoms with Crippen molar-refractivity contribution >= 4 is 15.5 Å². The Kier molecular flexibility index (Phi) is 2.83. The molecule has 0 saturated heterocycles. The molecule has 20 heavy (non-hydrogen) atoms. The lowest BCUT2D eigenvalue weighted by Gasteiger charge is -2.05. The van der Waals surface area contributed by atoms with Crippen molar-refractivity contribution in [1.29, 1.82) is 0 Å². The molecule has 0 atom stereocenters. The maximum Gasteiger partial charge on any atom is 0.239 e. The van der Waals surface area contributed by atoms with E-state index in [4.69, 9.17) is 4.74 Å². The molecule has 3 aromatic rings. The molecule has 0 saturated carbocycles. The van der Waals surface area contributed by atoms with Gasteiger partial charge in [0.2, 0.25) is 5.88 Å². The van der Waals surface area contributed by atoms with Crippen molar-refractivity contribution in [3.05, 3.63) is 36.4 Å². The SMILES string of the molecule is CS(=O)(=O)c1cccc(Oc2ccc3nnnn3n2)c1. The van der Waals surface area contributed by atoms with Crippen LogP contribution in [0.1, 0.15) is 0 Å². The summed E-state index contributed by atoms with van der Waals surface area (Å²) >= 11 is 0. The van der Waals surface area contributed by atoms with Gasteiger partial charge in [0.15, 0.2) is 15.5 Å². The van der Waals surface area contributed by atoms with E-state index in [9.17, 15) is 8.42 Å². The van der Waals surface area contributed by atoms with Gasteiger partial charge in [0.25, 0.3) is 0 Å². The highest BCUT2D eigenvalue weighted by atomic mass is 32.2. The molecule has 0 aliphatic carbocycles. The second-order valence-electron chi connectivity index (χ2n) is 4.05. The predicted molar refractivity (Wildman–Crippen MR) is 68.2 cm³/mol. The third-order valence-corrected chi connectivity index (χ3v) is 3.61. The van der Waals surface area contributed by atoms with Crippen LogP contribution in [0, 0.1) is 0 Å². The lowest BCUT2D eigenvalue weighted by atomic mass is 10.3. The van der Waals surface area contributed by atoms with Crippen LogP contribution in [0.3, 0.4) is 0 Å². The van der Waals surface area contributed by atoms with Crippen LogP contribution >= 0.6 is 0 Å². The Bertz CT molecular complexity index is 874. The van der Waals surface area contributed by atoms with Crippen LogP contribution in [0.25, 0.3) is 5.65 Å². The standard InChI is InChI=1S/C11H9N5O3S/c1-20(17,18)9-4-2-3-8(7-9)19-11-6-5-10-12-14-15-16(10)13-11/h2-7H,1H3. The highest BCUT2D eigenvalue weighted by molar-refractivity contribution is 7.90. The van der Waals surface area contributed by atoms with E-state index < -0.39 is 9.84 Å². The van der Waals surface area contributed by atoms with E-state index in [-0.39, 0.29) is 10.8 Å². The van der Waals surface area contributed by atoms with Gasteiger partial charge < -0.3 is 4.74 Å². The zero-order chi connectivity index (χ0) is 14.2. The minimum Gasteiger partial charge on any atom is -0.437 e. The zero-order valence-electron chi connectivity index (χ0n) is 10.3. The molecule has 0 N–H and O–H groups in total. The Morgan fingerprint density at radius 3 is 2.85 bits per heavy atom. The Balaban J connectivity index is 1.94. The third kappa shape index (κ3) is 2.43. The van der Waals surface area contributed by atoms with Gasteiger partial charge >= 0.3 is 0 Å². The second kappa shape index (κ2) is 4.53. The molecule has 0 spiro atoms. The van der Waals surface area contributed by atoms with Crippen LogP contribution < -0.4 is 4.74 Å². The summed E-state index contributed by atoms with van der Waals surface area (Å²) in [7, 11) is -3.28.